The minimum absolute atomic E-state index is 0.754. The highest BCUT2D eigenvalue weighted by Crippen LogP contribution is 2.14. The van der Waals surface area contributed by atoms with Crippen LogP contribution in [0.2, 0.25) is 0 Å². The molecule has 0 saturated carbocycles. The Balaban J connectivity index is 2.69. The van der Waals surface area contributed by atoms with E-state index < -0.39 is 0 Å². The van der Waals surface area contributed by atoms with Gasteiger partial charge in [0.2, 0.25) is 0 Å². The topological polar surface area (TPSA) is 42.1 Å². The molecule has 3 nitrogen and oxygen atoms in total. The van der Waals surface area contributed by atoms with E-state index in [1.807, 2.05) is 13.1 Å². The number of nitrogens with two attached hydrogens (primary N) is 1. The molecule has 0 aromatic carbocycles. The first kappa shape index (κ1) is 12.0. The largest absolute Gasteiger partial charge is 0.371 e. The third kappa shape index (κ3) is 3.88. The Bertz CT molecular complexity index is 286. The van der Waals surface area contributed by atoms with Gasteiger partial charge in [0, 0.05) is 30.7 Å². The van der Waals surface area contributed by atoms with E-state index in [0.29, 0.717) is 0 Å². The van der Waals surface area contributed by atoms with Crippen LogP contribution in [0, 0.1) is 6.92 Å². The average molecular weight is 207 g/mol. The highest BCUT2D eigenvalue weighted by Gasteiger charge is 2.04. The molecule has 1 aromatic heterocycles. The van der Waals surface area contributed by atoms with Crippen molar-refractivity contribution >= 4 is 5.69 Å². The Labute approximate surface area is 92.3 Å². The molecule has 15 heavy (non-hydrogen) atoms. The van der Waals surface area contributed by atoms with Gasteiger partial charge in [0.15, 0.2) is 0 Å². The summed E-state index contributed by atoms with van der Waals surface area (Å²) in [6.07, 6.45) is 4.07. The van der Waals surface area contributed by atoms with Crippen molar-refractivity contribution in [3.05, 3.63) is 24.0 Å². The van der Waals surface area contributed by atoms with Crippen LogP contribution in [0.1, 0.15) is 25.5 Å². The lowest BCUT2D eigenvalue weighted by atomic mass is 10.2. The lowest BCUT2D eigenvalue weighted by Crippen LogP contribution is -2.26. The average Bonchev–Trinajstić information content (AvgIpc) is 2.24. The lowest BCUT2D eigenvalue weighted by molar-refractivity contribution is 0.720. The third-order valence-corrected chi connectivity index (χ3v) is 2.37. The second kappa shape index (κ2) is 6.40. The van der Waals surface area contributed by atoms with E-state index in [4.69, 9.17) is 5.73 Å². The van der Waals surface area contributed by atoms with Gasteiger partial charge in [-0.2, -0.15) is 0 Å². The van der Waals surface area contributed by atoms with E-state index in [1.165, 1.54) is 5.69 Å². The summed E-state index contributed by atoms with van der Waals surface area (Å²) in [4.78, 5) is 6.59. The van der Waals surface area contributed by atoms with Crippen LogP contribution in [0.5, 0.6) is 0 Å². The van der Waals surface area contributed by atoms with Gasteiger partial charge in [-0.1, -0.05) is 6.92 Å². The molecule has 1 aromatic rings. The van der Waals surface area contributed by atoms with Crippen LogP contribution >= 0.6 is 0 Å². The smallest absolute Gasteiger partial charge is 0.0399 e. The third-order valence-electron chi connectivity index (χ3n) is 2.37. The first-order chi connectivity index (χ1) is 7.27. The van der Waals surface area contributed by atoms with Crippen molar-refractivity contribution in [1.29, 1.82) is 0 Å². The fourth-order valence-corrected chi connectivity index (χ4v) is 1.65. The fourth-order valence-electron chi connectivity index (χ4n) is 1.65. The van der Waals surface area contributed by atoms with Gasteiger partial charge in [0.05, 0.1) is 0 Å². The summed E-state index contributed by atoms with van der Waals surface area (Å²) in [6, 6.07) is 4.20. The SMILES string of the molecule is CCCN(CCCN)c1ccnc(C)c1. The molecule has 0 aliphatic rings. The van der Waals surface area contributed by atoms with Gasteiger partial charge >= 0.3 is 0 Å². The number of aromatic nitrogens is 1. The minimum atomic E-state index is 0.754. The molecule has 0 bridgehead atoms. The molecular formula is C12H21N3. The number of hydrogen-bond donors (Lipinski definition) is 1. The Morgan fingerprint density at radius 3 is 2.80 bits per heavy atom. The van der Waals surface area contributed by atoms with Crippen LogP contribution in [0.4, 0.5) is 5.69 Å². The Morgan fingerprint density at radius 2 is 2.20 bits per heavy atom. The van der Waals surface area contributed by atoms with E-state index in [0.717, 1.165) is 38.2 Å². The number of anilines is 1. The predicted octanol–water partition coefficient (Wildman–Crippen LogP) is 1.96. The van der Waals surface area contributed by atoms with Crippen LogP contribution in [0.25, 0.3) is 0 Å². The van der Waals surface area contributed by atoms with Crippen molar-refractivity contribution < 1.29 is 0 Å². The van der Waals surface area contributed by atoms with Gasteiger partial charge in [-0.25, -0.2) is 0 Å². The van der Waals surface area contributed by atoms with Crippen LogP contribution in [0.15, 0.2) is 18.3 Å². The molecule has 0 radical (unpaired) electrons. The van der Waals surface area contributed by atoms with Crippen molar-refractivity contribution in [3.8, 4) is 0 Å². The van der Waals surface area contributed by atoms with E-state index in [-0.39, 0.29) is 0 Å². The Kier molecular flexibility index (Phi) is 5.12. The molecule has 0 fully saturated rings. The van der Waals surface area contributed by atoms with Crippen LogP contribution in [0.3, 0.4) is 0 Å². The minimum Gasteiger partial charge on any atom is -0.371 e. The summed E-state index contributed by atoms with van der Waals surface area (Å²) >= 11 is 0. The number of aryl methyl sites for hydroxylation is 1. The maximum atomic E-state index is 5.54. The van der Waals surface area contributed by atoms with E-state index in [1.54, 1.807) is 0 Å². The molecule has 1 rings (SSSR count). The summed E-state index contributed by atoms with van der Waals surface area (Å²) in [7, 11) is 0. The first-order valence-electron chi connectivity index (χ1n) is 5.65. The second-order valence-corrected chi connectivity index (χ2v) is 3.78. The van der Waals surface area contributed by atoms with Gasteiger partial charge < -0.3 is 10.6 Å². The fraction of sp³-hybridized carbons (Fsp3) is 0.583. The van der Waals surface area contributed by atoms with Gasteiger partial charge in [-0.05, 0) is 38.4 Å². The molecular weight excluding hydrogens is 186 g/mol. The number of hydrogen-bond acceptors (Lipinski definition) is 3. The zero-order valence-electron chi connectivity index (χ0n) is 9.74. The molecule has 0 atom stereocenters. The van der Waals surface area contributed by atoms with Crippen molar-refractivity contribution in [2.24, 2.45) is 5.73 Å². The Hall–Kier alpha value is -1.09. The molecule has 0 saturated heterocycles. The summed E-state index contributed by atoms with van der Waals surface area (Å²) < 4.78 is 0. The number of rotatable bonds is 6. The zero-order chi connectivity index (χ0) is 11.1. The molecule has 2 N–H and O–H groups in total. The molecule has 1 heterocycles. The molecule has 84 valence electrons. The van der Waals surface area contributed by atoms with Gasteiger partial charge in [-0.15, -0.1) is 0 Å². The molecule has 0 amide bonds. The highest BCUT2D eigenvalue weighted by molar-refractivity contribution is 5.46. The Morgan fingerprint density at radius 1 is 1.40 bits per heavy atom. The van der Waals surface area contributed by atoms with E-state index in [2.05, 4.69) is 28.9 Å². The van der Waals surface area contributed by atoms with Crippen molar-refractivity contribution in [2.75, 3.05) is 24.5 Å². The van der Waals surface area contributed by atoms with Crippen molar-refractivity contribution in [3.63, 3.8) is 0 Å². The molecule has 0 unspecified atom stereocenters. The van der Waals surface area contributed by atoms with Crippen LogP contribution in [-0.2, 0) is 0 Å². The predicted molar refractivity (Wildman–Crippen MR) is 65.1 cm³/mol. The summed E-state index contributed by atoms with van der Waals surface area (Å²) in [5.74, 6) is 0. The second-order valence-electron chi connectivity index (χ2n) is 3.78. The summed E-state index contributed by atoms with van der Waals surface area (Å²) in [6.45, 7) is 7.10. The van der Waals surface area contributed by atoms with Crippen molar-refractivity contribution in [2.45, 2.75) is 26.7 Å². The van der Waals surface area contributed by atoms with Gasteiger partial charge in [0.1, 0.15) is 0 Å². The van der Waals surface area contributed by atoms with E-state index >= 15 is 0 Å². The van der Waals surface area contributed by atoms with Crippen molar-refractivity contribution in [1.82, 2.24) is 4.98 Å². The maximum absolute atomic E-state index is 5.54. The molecule has 0 spiro atoms. The number of pyridine rings is 1. The monoisotopic (exact) mass is 207 g/mol. The molecule has 0 aliphatic carbocycles. The standard InChI is InChI=1S/C12H21N3/c1-3-8-15(9-4-6-13)12-5-7-14-11(2)10-12/h5,7,10H,3-4,6,8-9,13H2,1-2H3. The van der Waals surface area contributed by atoms with E-state index in [9.17, 15) is 0 Å². The first-order valence-corrected chi connectivity index (χ1v) is 5.65. The van der Waals surface area contributed by atoms with Crippen LogP contribution < -0.4 is 10.6 Å². The number of nitrogens with zero attached hydrogens (tertiary/aromatic N) is 2. The molecule has 3 heteroatoms. The summed E-state index contributed by atoms with van der Waals surface area (Å²) in [5.41, 5.74) is 7.87. The quantitative estimate of drug-likeness (QED) is 0.775. The van der Waals surface area contributed by atoms with Crippen LogP contribution in [-0.4, -0.2) is 24.6 Å². The highest BCUT2D eigenvalue weighted by atomic mass is 15.1. The normalized spacial score (nSPS) is 10.3. The van der Waals surface area contributed by atoms with Gasteiger partial charge in [-0.3, -0.25) is 4.98 Å². The zero-order valence-corrected chi connectivity index (χ0v) is 9.74. The maximum Gasteiger partial charge on any atom is 0.0399 e. The molecule has 0 aliphatic heterocycles. The van der Waals surface area contributed by atoms with Gasteiger partial charge in [0.25, 0.3) is 0 Å². The lowest BCUT2D eigenvalue weighted by Gasteiger charge is -2.24. The summed E-state index contributed by atoms with van der Waals surface area (Å²) in [5, 5.41) is 0.